The molecule has 2 heterocycles. The maximum atomic E-state index is 13.0. The third-order valence-corrected chi connectivity index (χ3v) is 5.69. The van der Waals surface area contributed by atoms with Crippen LogP contribution in [-0.2, 0) is 6.61 Å². The summed E-state index contributed by atoms with van der Waals surface area (Å²) in [5, 5.41) is 1.02. The van der Waals surface area contributed by atoms with E-state index in [2.05, 4.69) is 4.98 Å². The molecule has 0 fully saturated rings. The number of ether oxygens (including phenoxy) is 3. The second-order valence-electron chi connectivity index (χ2n) is 7.19. The quantitative estimate of drug-likeness (QED) is 0.369. The van der Waals surface area contributed by atoms with Gasteiger partial charge in [0.1, 0.15) is 17.5 Å². The number of carbonyl (C=O) groups is 1. The number of rotatable bonds is 3. The van der Waals surface area contributed by atoms with Crippen LogP contribution in [-0.4, -0.2) is 17.6 Å². The van der Waals surface area contributed by atoms with Gasteiger partial charge in [-0.2, -0.15) is 0 Å². The number of hydrogen-bond acceptors (Lipinski definition) is 5. The van der Waals surface area contributed by atoms with Crippen molar-refractivity contribution in [2.24, 2.45) is 0 Å². The number of nitrogens with zero attached hydrogens (tertiary/aromatic N) is 1. The predicted octanol–water partition coefficient (Wildman–Crippen LogP) is 5.41. The number of benzene rings is 3. The molecule has 3 aromatic carbocycles. The van der Waals surface area contributed by atoms with Crippen molar-refractivity contribution in [3.8, 4) is 28.4 Å². The molecule has 0 spiro atoms. The molecule has 4 aromatic rings. The Morgan fingerprint density at radius 1 is 0.933 bits per heavy atom. The minimum atomic E-state index is -0.151. The largest absolute Gasteiger partial charge is 0.489 e. The van der Waals surface area contributed by atoms with E-state index in [9.17, 15) is 4.79 Å². The molecule has 5 nitrogen and oxygen atoms in total. The summed E-state index contributed by atoms with van der Waals surface area (Å²) in [6.07, 6.45) is 0. The number of fused-ring (bicyclic) bond motifs is 6. The number of carbonyl (C=O) groups excluding carboxylic acids is 1. The highest BCUT2D eigenvalue weighted by Crippen LogP contribution is 2.48. The van der Waals surface area contributed by atoms with Crippen LogP contribution in [0.1, 0.15) is 21.5 Å². The van der Waals surface area contributed by atoms with Crippen molar-refractivity contribution < 1.29 is 19.0 Å². The monoisotopic (exact) mass is 415 g/mol. The van der Waals surface area contributed by atoms with E-state index in [0.717, 1.165) is 22.1 Å². The first-order chi connectivity index (χ1) is 14.7. The number of ketones is 1. The Balaban J connectivity index is 1.46. The molecule has 1 aromatic heterocycles. The van der Waals surface area contributed by atoms with Gasteiger partial charge in [-0.1, -0.05) is 41.9 Å². The van der Waals surface area contributed by atoms with E-state index in [1.165, 1.54) is 0 Å². The molecule has 0 atom stereocenters. The summed E-state index contributed by atoms with van der Waals surface area (Å²) in [4.78, 5) is 17.5. The lowest BCUT2D eigenvalue weighted by atomic mass is 10.0. The molecule has 0 radical (unpaired) electrons. The molecule has 0 saturated carbocycles. The summed E-state index contributed by atoms with van der Waals surface area (Å²) in [5.74, 6) is 1.73. The minimum absolute atomic E-state index is 0.151. The summed E-state index contributed by atoms with van der Waals surface area (Å²) in [6, 6.07) is 19.2. The van der Waals surface area contributed by atoms with Crippen LogP contribution in [0.2, 0.25) is 5.15 Å². The van der Waals surface area contributed by atoms with E-state index in [1.807, 2.05) is 54.6 Å². The summed E-state index contributed by atoms with van der Waals surface area (Å²) in [6.45, 7) is 0.606. The van der Waals surface area contributed by atoms with E-state index >= 15 is 0 Å². The van der Waals surface area contributed by atoms with Crippen LogP contribution in [0.5, 0.6) is 17.2 Å². The second kappa shape index (κ2) is 6.47. The van der Waals surface area contributed by atoms with Crippen molar-refractivity contribution >= 4 is 28.3 Å². The van der Waals surface area contributed by atoms with Gasteiger partial charge in [0, 0.05) is 22.6 Å². The Hall–Kier alpha value is -3.57. The Kier molecular flexibility index (Phi) is 3.73. The van der Waals surface area contributed by atoms with Gasteiger partial charge in [0.25, 0.3) is 0 Å². The molecule has 1 aliphatic heterocycles. The van der Waals surface area contributed by atoms with E-state index in [4.69, 9.17) is 25.8 Å². The van der Waals surface area contributed by atoms with Gasteiger partial charge in [0.15, 0.2) is 17.3 Å². The Labute approximate surface area is 176 Å². The maximum absolute atomic E-state index is 13.0. The zero-order valence-electron chi connectivity index (χ0n) is 15.6. The zero-order chi connectivity index (χ0) is 20.2. The highest BCUT2D eigenvalue weighted by molar-refractivity contribution is 6.38. The molecule has 0 unspecified atom stereocenters. The molecule has 0 amide bonds. The fourth-order valence-electron chi connectivity index (χ4n) is 4.00. The van der Waals surface area contributed by atoms with Crippen LogP contribution in [0.4, 0.5) is 0 Å². The Morgan fingerprint density at radius 2 is 1.70 bits per heavy atom. The molecule has 30 heavy (non-hydrogen) atoms. The Morgan fingerprint density at radius 3 is 2.50 bits per heavy atom. The van der Waals surface area contributed by atoms with Gasteiger partial charge in [0.05, 0.1) is 11.1 Å². The van der Waals surface area contributed by atoms with Crippen LogP contribution in [0.15, 0.2) is 60.7 Å². The van der Waals surface area contributed by atoms with Crippen molar-refractivity contribution in [3.63, 3.8) is 0 Å². The third kappa shape index (κ3) is 2.56. The smallest absolute Gasteiger partial charge is 0.231 e. The molecule has 6 rings (SSSR count). The topological polar surface area (TPSA) is 57.7 Å². The van der Waals surface area contributed by atoms with Crippen LogP contribution >= 0.6 is 11.6 Å². The summed E-state index contributed by atoms with van der Waals surface area (Å²) in [7, 11) is 0. The van der Waals surface area contributed by atoms with Gasteiger partial charge in [-0.3, -0.25) is 4.79 Å². The van der Waals surface area contributed by atoms with Gasteiger partial charge >= 0.3 is 0 Å². The van der Waals surface area contributed by atoms with E-state index in [0.29, 0.717) is 40.5 Å². The highest BCUT2D eigenvalue weighted by atomic mass is 35.5. The molecule has 1 aliphatic carbocycles. The molecule has 0 bridgehead atoms. The summed E-state index contributed by atoms with van der Waals surface area (Å²) < 4.78 is 16.9. The van der Waals surface area contributed by atoms with Gasteiger partial charge in [0.2, 0.25) is 6.79 Å². The average Bonchev–Trinajstić information content (AvgIpc) is 3.34. The van der Waals surface area contributed by atoms with Crippen LogP contribution in [0.3, 0.4) is 0 Å². The third-order valence-electron chi connectivity index (χ3n) is 5.42. The standard InChI is InChI=1S/C24H14ClNO4/c25-24-22-21(16-9-19-20(30-12-29-19)10-17(16)23(22)27)15-7-6-14(8-18(15)26-24)28-11-13-4-2-1-3-5-13/h1-10H,11-12H2. The van der Waals surface area contributed by atoms with Gasteiger partial charge in [-0.05, 0) is 35.4 Å². The van der Waals surface area contributed by atoms with Crippen molar-refractivity contribution in [2.45, 2.75) is 6.61 Å². The lowest BCUT2D eigenvalue weighted by molar-refractivity contribution is 0.104. The molecule has 0 N–H and O–H groups in total. The van der Waals surface area contributed by atoms with Gasteiger partial charge in [-0.15, -0.1) is 0 Å². The van der Waals surface area contributed by atoms with Crippen molar-refractivity contribution in [3.05, 3.63) is 82.5 Å². The normalized spacial score (nSPS) is 13.4. The molecule has 0 saturated heterocycles. The lowest BCUT2D eigenvalue weighted by Crippen LogP contribution is -1.99. The molecule has 2 aliphatic rings. The van der Waals surface area contributed by atoms with Crippen molar-refractivity contribution in [1.82, 2.24) is 4.98 Å². The van der Waals surface area contributed by atoms with Crippen molar-refractivity contribution in [1.29, 1.82) is 0 Å². The average molecular weight is 416 g/mol. The minimum Gasteiger partial charge on any atom is -0.489 e. The van der Waals surface area contributed by atoms with Gasteiger partial charge < -0.3 is 14.2 Å². The lowest BCUT2D eigenvalue weighted by Gasteiger charge is -2.11. The fourth-order valence-corrected chi connectivity index (χ4v) is 4.28. The van der Waals surface area contributed by atoms with E-state index < -0.39 is 0 Å². The molecule has 6 heteroatoms. The first-order valence-electron chi connectivity index (χ1n) is 9.48. The Bertz CT molecular complexity index is 1350. The van der Waals surface area contributed by atoms with Crippen LogP contribution in [0.25, 0.3) is 22.0 Å². The summed E-state index contributed by atoms with van der Waals surface area (Å²) in [5.41, 5.74) is 4.27. The molecule has 146 valence electrons. The number of pyridine rings is 1. The first kappa shape index (κ1) is 17.3. The number of hydrogen-bond donors (Lipinski definition) is 0. The highest BCUT2D eigenvalue weighted by Gasteiger charge is 2.34. The van der Waals surface area contributed by atoms with Crippen molar-refractivity contribution in [2.75, 3.05) is 6.79 Å². The number of aromatic nitrogens is 1. The first-order valence-corrected chi connectivity index (χ1v) is 9.85. The fraction of sp³-hybridized carbons (Fsp3) is 0.0833. The second-order valence-corrected chi connectivity index (χ2v) is 7.54. The molecular formula is C24H14ClNO4. The van der Waals surface area contributed by atoms with Gasteiger partial charge in [-0.25, -0.2) is 4.98 Å². The molecular weight excluding hydrogens is 402 g/mol. The predicted molar refractivity (Wildman–Crippen MR) is 113 cm³/mol. The van der Waals surface area contributed by atoms with E-state index in [1.54, 1.807) is 6.07 Å². The summed E-state index contributed by atoms with van der Waals surface area (Å²) >= 11 is 6.45. The SMILES string of the molecule is O=C1c2cc3c(cc2-c2c1c(Cl)nc1cc(OCc4ccccc4)ccc21)OCO3. The maximum Gasteiger partial charge on any atom is 0.231 e. The zero-order valence-corrected chi connectivity index (χ0v) is 16.4. The van der Waals surface area contributed by atoms with Crippen LogP contribution < -0.4 is 14.2 Å². The van der Waals surface area contributed by atoms with Crippen LogP contribution in [0, 0.1) is 0 Å². The van der Waals surface area contributed by atoms with E-state index in [-0.39, 0.29) is 17.7 Å². The number of halogens is 1.